The molecule has 0 unspecified atom stereocenters. The second-order valence-corrected chi connectivity index (χ2v) is 5.56. The molecule has 0 aromatic heterocycles. The molecular formula is C16H22N2O2. The normalized spacial score (nSPS) is 16.1. The van der Waals surface area contributed by atoms with Crippen LogP contribution in [-0.2, 0) is 16.1 Å². The number of nitrogens with one attached hydrogen (secondary N) is 2. The molecule has 4 heteroatoms. The number of amides is 2. The zero-order chi connectivity index (χ0) is 14.5. The molecular weight excluding hydrogens is 252 g/mol. The zero-order valence-electron chi connectivity index (χ0n) is 12.1. The number of carbonyl (C=O) groups is 2. The molecule has 0 bridgehead atoms. The molecule has 0 spiro atoms. The Kier molecular flexibility index (Phi) is 4.77. The molecule has 20 heavy (non-hydrogen) atoms. The Morgan fingerprint density at radius 1 is 1.25 bits per heavy atom. The first-order valence-corrected chi connectivity index (χ1v) is 7.20. The number of aryl methyl sites for hydroxylation is 1. The summed E-state index contributed by atoms with van der Waals surface area (Å²) in [6.45, 7) is 4.24. The molecule has 108 valence electrons. The molecule has 0 radical (unpaired) electrons. The van der Waals surface area contributed by atoms with Crippen LogP contribution in [0.4, 0.5) is 0 Å². The summed E-state index contributed by atoms with van der Waals surface area (Å²) in [5, 5.41) is 5.62. The fourth-order valence-electron chi connectivity index (χ4n) is 2.12. The van der Waals surface area contributed by atoms with Crippen molar-refractivity contribution in [3.8, 4) is 0 Å². The predicted octanol–water partition coefficient (Wildman–Crippen LogP) is 1.92. The van der Waals surface area contributed by atoms with Gasteiger partial charge in [-0.25, -0.2) is 0 Å². The maximum absolute atomic E-state index is 11.9. The third-order valence-corrected chi connectivity index (χ3v) is 3.82. The van der Waals surface area contributed by atoms with Gasteiger partial charge in [0.1, 0.15) is 6.04 Å². The van der Waals surface area contributed by atoms with Crippen molar-refractivity contribution >= 4 is 11.8 Å². The van der Waals surface area contributed by atoms with Gasteiger partial charge < -0.3 is 10.6 Å². The lowest BCUT2D eigenvalue weighted by Gasteiger charge is -2.25. The number of hydrogen-bond acceptors (Lipinski definition) is 2. The van der Waals surface area contributed by atoms with Gasteiger partial charge in [-0.05, 0) is 32.3 Å². The van der Waals surface area contributed by atoms with Gasteiger partial charge in [-0.15, -0.1) is 0 Å². The fraction of sp³-hybridized carbons (Fsp3) is 0.500. The van der Waals surface area contributed by atoms with Crippen LogP contribution in [0.1, 0.15) is 37.3 Å². The van der Waals surface area contributed by atoms with Gasteiger partial charge in [0.15, 0.2) is 0 Å². The van der Waals surface area contributed by atoms with Gasteiger partial charge in [-0.3, -0.25) is 9.59 Å². The topological polar surface area (TPSA) is 58.2 Å². The first-order chi connectivity index (χ1) is 9.56. The van der Waals surface area contributed by atoms with Gasteiger partial charge in [0.25, 0.3) is 0 Å². The zero-order valence-corrected chi connectivity index (χ0v) is 12.1. The summed E-state index contributed by atoms with van der Waals surface area (Å²) in [6.07, 6.45) is 3.01. The van der Waals surface area contributed by atoms with E-state index in [1.807, 2.05) is 31.2 Å². The monoisotopic (exact) mass is 274 g/mol. The lowest BCUT2D eigenvalue weighted by atomic mass is 9.84. The first kappa shape index (κ1) is 14.6. The first-order valence-electron chi connectivity index (χ1n) is 7.20. The van der Waals surface area contributed by atoms with Crippen molar-refractivity contribution in [1.29, 1.82) is 0 Å². The minimum Gasteiger partial charge on any atom is -0.350 e. The Hall–Kier alpha value is -1.84. The van der Waals surface area contributed by atoms with Crippen LogP contribution in [0.25, 0.3) is 0 Å². The molecule has 0 saturated heterocycles. The molecule has 1 aromatic rings. The van der Waals surface area contributed by atoms with Crippen molar-refractivity contribution in [2.45, 2.75) is 45.7 Å². The largest absolute Gasteiger partial charge is 0.350 e. The Bertz CT molecular complexity index is 478. The highest BCUT2D eigenvalue weighted by atomic mass is 16.2. The fourth-order valence-corrected chi connectivity index (χ4v) is 2.12. The SMILES string of the molecule is Cc1ccc(CNC(=O)[C@@H](C)NC(=O)C2CCC2)cc1. The Morgan fingerprint density at radius 3 is 2.45 bits per heavy atom. The van der Waals surface area contributed by atoms with Crippen LogP contribution in [0.2, 0.25) is 0 Å². The lowest BCUT2D eigenvalue weighted by molar-refractivity contribution is -0.132. The van der Waals surface area contributed by atoms with E-state index in [4.69, 9.17) is 0 Å². The number of benzene rings is 1. The number of rotatable bonds is 5. The van der Waals surface area contributed by atoms with Crippen molar-refractivity contribution in [2.75, 3.05) is 0 Å². The summed E-state index contributed by atoms with van der Waals surface area (Å²) in [5.41, 5.74) is 2.25. The molecule has 2 N–H and O–H groups in total. The number of hydrogen-bond donors (Lipinski definition) is 2. The van der Waals surface area contributed by atoms with Crippen LogP contribution in [0.15, 0.2) is 24.3 Å². The van der Waals surface area contributed by atoms with Crippen molar-refractivity contribution in [2.24, 2.45) is 5.92 Å². The quantitative estimate of drug-likeness (QED) is 0.862. The minimum absolute atomic E-state index is 0.00855. The smallest absolute Gasteiger partial charge is 0.242 e. The summed E-state index contributed by atoms with van der Waals surface area (Å²) in [4.78, 5) is 23.7. The van der Waals surface area contributed by atoms with Gasteiger partial charge in [0.2, 0.25) is 11.8 Å². The molecule has 1 aliphatic carbocycles. The Labute approximate surface area is 119 Å². The van der Waals surface area contributed by atoms with E-state index in [1.54, 1.807) is 6.92 Å². The number of carbonyl (C=O) groups excluding carboxylic acids is 2. The molecule has 1 saturated carbocycles. The second-order valence-electron chi connectivity index (χ2n) is 5.56. The highest BCUT2D eigenvalue weighted by Gasteiger charge is 2.27. The maximum Gasteiger partial charge on any atom is 0.242 e. The van der Waals surface area contributed by atoms with Crippen LogP contribution in [0, 0.1) is 12.8 Å². The second kappa shape index (κ2) is 6.55. The van der Waals surface area contributed by atoms with E-state index in [1.165, 1.54) is 5.56 Å². The van der Waals surface area contributed by atoms with E-state index >= 15 is 0 Å². The Morgan fingerprint density at radius 2 is 1.90 bits per heavy atom. The third kappa shape index (κ3) is 3.83. The molecule has 1 fully saturated rings. The summed E-state index contributed by atoms with van der Waals surface area (Å²) in [6, 6.07) is 7.54. The van der Waals surface area contributed by atoms with Gasteiger partial charge in [-0.2, -0.15) is 0 Å². The van der Waals surface area contributed by atoms with Crippen LogP contribution < -0.4 is 10.6 Å². The highest BCUT2D eigenvalue weighted by molar-refractivity contribution is 5.88. The van der Waals surface area contributed by atoms with Gasteiger partial charge in [0, 0.05) is 12.5 Å². The predicted molar refractivity (Wildman–Crippen MR) is 78.0 cm³/mol. The molecule has 0 aliphatic heterocycles. The van der Waals surface area contributed by atoms with Gasteiger partial charge in [-0.1, -0.05) is 36.2 Å². The van der Waals surface area contributed by atoms with Crippen LogP contribution in [-0.4, -0.2) is 17.9 Å². The minimum atomic E-state index is -0.478. The molecule has 4 nitrogen and oxygen atoms in total. The van der Waals surface area contributed by atoms with E-state index in [-0.39, 0.29) is 17.7 Å². The highest BCUT2D eigenvalue weighted by Crippen LogP contribution is 2.26. The average molecular weight is 274 g/mol. The summed E-state index contributed by atoms with van der Waals surface area (Å²) in [7, 11) is 0. The summed E-state index contributed by atoms with van der Waals surface area (Å²) < 4.78 is 0. The average Bonchev–Trinajstić information content (AvgIpc) is 2.35. The Balaban J connectivity index is 1.75. The van der Waals surface area contributed by atoms with E-state index < -0.39 is 6.04 Å². The van der Waals surface area contributed by atoms with Crippen LogP contribution in [0.3, 0.4) is 0 Å². The van der Waals surface area contributed by atoms with Crippen molar-refractivity contribution < 1.29 is 9.59 Å². The van der Waals surface area contributed by atoms with Crippen LogP contribution >= 0.6 is 0 Å². The van der Waals surface area contributed by atoms with Crippen LogP contribution in [0.5, 0.6) is 0 Å². The third-order valence-electron chi connectivity index (χ3n) is 3.82. The van der Waals surface area contributed by atoms with E-state index in [0.29, 0.717) is 6.54 Å². The van der Waals surface area contributed by atoms with Gasteiger partial charge in [0.05, 0.1) is 0 Å². The molecule has 2 amide bonds. The summed E-state index contributed by atoms with van der Waals surface area (Å²) >= 11 is 0. The molecule has 0 heterocycles. The molecule has 1 atom stereocenters. The molecule has 1 aromatic carbocycles. The van der Waals surface area contributed by atoms with E-state index in [9.17, 15) is 9.59 Å². The van der Waals surface area contributed by atoms with Crippen molar-refractivity contribution in [3.63, 3.8) is 0 Å². The molecule has 2 rings (SSSR count). The maximum atomic E-state index is 11.9. The molecule has 1 aliphatic rings. The van der Waals surface area contributed by atoms with E-state index in [2.05, 4.69) is 10.6 Å². The standard InChI is InChI=1S/C16H22N2O2/c1-11-6-8-13(9-7-11)10-17-15(19)12(2)18-16(20)14-4-3-5-14/h6-9,12,14H,3-5,10H2,1-2H3,(H,17,19)(H,18,20)/t12-/m1/s1. The van der Waals surface area contributed by atoms with Crippen molar-refractivity contribution in [3.05, 3.63) is 35.4 Å². The van der Waals surface area contributed by atoms with Crippen molar-refractivity contribution in [1.82, 2.24) is 10.6 Å². The van der Waals surface area contributed by atoms with Gasteiger partial charge >= 0.3 is 0 Å². The summed E-state index contributed by atoms with van der Waals surface area (Å²) in [5.74, 6) is -0.0187. The van der Waals surface area contributed by atoms with E-state index in [0.717, 1.165) is 24.8 Å². The lowest BCUT2D eigenvalue weighted by Crippen LogP contribution is -2.47.